The minimum atomic E-state index is -1.11. The summed E-state index contributed by atoms with van der Waals surface area (Å²) in [5.74, 6) is -1.73. The van der Waals surface area contributed by atoms with Crippen molar-refractivity contribution in [2.75, 3.05) is 13.1 Å². The molecule has 1 fully saturated rings. The topological polar surface area (TPSA) is 83.9 Å². The van der Waals surface area contributed by atoms with Crippen molar-refractivity contribution in [2.45, 2.75) is 39.2 Å². The van der Waals surface area contributed by atoms with Crippen LogP contribution in [0.2, 0.25) is 0 Å². The lowest BCUT2D eigenvalue weighted by atomic mass is 9.83. The Balaban J connectivity index is 2.19. The number of hydrogen-bond donors (Lipinski definition) is 1. The lowest BCUT2D eigenvalue weighted by Crippen LogP contribution is -2.50. The first-order valence-corrected chi connectivity index (χ1v) is 6.75. The Hall–Kier alpha value is -1.85. The molecule has 1 saturated heterocycles. The molecule has 20 heavy (non-hydrogen) atoms. The minimum Gasteiger partial charge on any atom is -0.478 e. The molecular weight excluding hydrogens is 262 g/mol. The van der Waals surface area contributed by atoms with E-state index in [1.165, 1.54) is 6.92 Å². The van der Waals surface area contributed by atoms with Crippen molar-refractivity contribution in [2.24, 2.45) is 5.92 Å². The fourth-order valence-corrected chi connectivity index (χ4v) is 2.91. The van der Waals surface area contributed by atoms with E-state index in [1.807, 2.05) is 13.8 Å². The largest absolute Gasteiger partial charge is 0.478 e. The molecule has 2 aliphatic rings. The fourth-order valence-electron chi connectivity index (χ4n) is 2.91. The Bertz CT molecular complexity index is 498. The number of carboxylic acids is 1. The van der Waals surface area contributed by atoms with Crippen LogP contribution in [0.3, 0.4) is 0 Å². The highest BCUT2D eigenvalue weighted by Crippen LogP contribution is 2.41. The monoisotopic (exact) mass is 281 g/mol. The lowest BCUT2D eigenvalue weighted by molar-refractivity contribution is -0.154. The van der Waals surface area contributed by atoms with Crippen molar-refractivity contribution in [3.8, 4) is 0 Å². The Kier molecular flexibility index (Phi) is 3.58. The molecule has 2 aliphatic heterocycles. The van der Waals surface area contributed by atoms with E-state index in [0.717, 1.165) is 0 Å². The molecular formula is C14H19NO5. The zero-order valence-corrected chi connectivity index (χ0v) is 11.9. The molecule has 0 saturated carbocycles. The van der Waals surface area contributed by atoms with Gasteiger partial charge in [-0.2, -0.15) is 0 Å². The van der Waals surface area contributed by atoms with Gasteiger partial charge in [0, 0.05) is 37.4 Å². The van der Waals surface area contributed by atoms with Crippen LogP contribution in [0.1, 0.15) is 33.6 Å². The molecule has 1 N–H and O–H groups in total. The average Bonchev–Trinajstić information content (AvgIpc) is 2.61. The smallest absolute Gasteiger partial charge is 0.336 e. The summed E-state index contributed by atoms with van der Waals surface area (Å²) in [4.78, 5) is 36.7. The number of aliphatic carboxylic acids is 1. The van der Waals surface area contributed by atoms with E-state index in [1.54, 1.807) is 4.90 Å². The predicted molar refractivity (Wildman–Crippen MR) is 69.8 cm³/mol. The van der Waals surface area contributed by atoms with Crippen molar-refractivity contribution in [3.63, 3.8) is 0 Å². The number of rotatable bonds is 2. The summed E-state index contributed by atoms with van der Waals surface area (Å²) in [6.07, 6.45) is 0.687. The molecule has 0 aliphatic carbocycles. The van der Waals surface area contributed by atoms with Gasteiger partial charge in [0.25, 0.3) is 0 Å². The van der Waals surface area contributed by atoms with E-state index < -0.39 is 17.5 Å². The quantitative estimate of drug-likeness (QED) is 0.762. The van der Waals surface area contributed by atoms with Crippen LogP contribution >= 0.6 is 0 Å². The van der Waals surface area contributed by atoms with Gasteiger partial charge in [-0.05, 0) is 6.92 Å². The summed E-state index contributed by atoms with van der Waals surface area (Å²) in [5, 5.41) is 9.31. The molecule has 0 radical (unpaired) electrons. The number of esters is 1. The average molecular weight is 281 g/mol. The first-order valence-electron chi connectivity index (χ1n) is 6.75. The van der Waals surface area contributed by atoms with Crippen LogP contribution in [0.5, 0.6) is 0 Å². The lowest BCUT2D eigenvalue weighted by Gasteiger charge is -2.39. The van der Waals surface area contributed by atoms with Crippen LogP contribution in [0.25, 0.3) is 0 Å². The van der Waals surface area contributed by atoms with Gasteiger partial charge in [-0.3, -0.25) is 4.79 Å². The van der Waals surface area contributed by atoms with Crippen LogP contribution in [-0.2, 0) is 19.1 Å². The van der Waals surface area contributed by atoms with Gasteiger partial charge in [0.2, 0.25) is 5.91 Å². The molecule has 0 aromatic carbocycles. The second-order valence-corrected chi connectivity index (χ2v) is 5.67. The number of carbonyl (C=O) groups excluding carboxylic acids is 2. The molecule has 0 aromatic rings. The van der Waals surface area contributed by atoms with E-state index in [2.05, 4.69) is 0 Å². The van der Waals surface area contributed by atoms with Crippen molar-refractivity contribution in [3.05, 3.63) is 11.1 Å². The Morgan fingerprint density at radius 3 is 2.30 bits per heavy atom. The van der Waals surface area contributed by atoms with Crippen LogP contribution in [-0.4, -0.2) is 46.5 Å². The third kappa shape index (κ3) is 2.19. The molecule has 2 rings (SSSR count). The molecule has 0 atom stereocenters. The second-order valence-electron chi connectivity index (χ2n) is 5.67. The zero-order valence-electron chi connectivity index (χ0n) is 11.9. The van der Waals surface area contributed by atoms with Crippen LogP contribution in [0.4, 0.5) is 0 Å². The van der Waals surface area contributed by atoms with E-state index in [0.29, 0.717) is 25.9 Å². The number of likely N-dealkylation sites (tertiary alicyclic amines) is 1. The number of piperidine rings is 1. The van der Waals surface area contributed by atoms with Crippen LogP contribution in [0.15, 0.2) is 11.1 Å². The molecule has 2 heterocycles. The number of carbonyl (C=O) groups is 3. The molecule has 6 heteroatoms. The van der Waals surface area contributed by atoms with Crippen molar-refractivity contribution >= 4 is 17.8 Å². The number of hydrogen-bond acceptors (Lipinski definition) is 4. The minimum absolute atomic E-state index is 0.0433. The van der Waals surface area contributed by atoms with Gasteiger partial charge >= 0.3 is 11.9 Å². The summed E-state index contributed by atoms with van der Waals surface area (Å²) in [5.41, 5.74) is -0.832. The normalized spacial score (nSPS) is 21.6. The van der Waals surface area contributed by atoms with Gasteiger partial charge in [-0.1, -0.05) is 13.8 Å². The van der Waals surface area contributed by atoms with Crippen molar-refractivity contribution in [1.29, 1.82) is 0 Å². The molecule has 0 unspecified atom stereocenters. The van der Waals surface area contributed by atoms with E-state index in [9.17, 15) is 19.5 Å². The zero-order chi connectivity index (χ0) is 15.1. The summed E-state index contributed by atoms with van der Waals surface area (Å²) in [7, 11) is 0. The molecule has 1 amide bonds. The molecule has 1 spiro atoms. The highest BCUT2D eigenvalue weighted by molar-refractivity contribution is 6.04. The number of amides is 1. The maximum atomic E-state index is 11.9. The van der Waals surface area contributed by atoms with Gasteiger partial charge in [-0.15, -0.1) is 0 Å². The number of nitrogens with zero attached hydrogens (tertiary/aromatic N) is 1. The number of carboxylic acid groups (broad SMARTS) is 1. The summed E-state index contributed by atoms with van der Waals surface area (Å²) >= 11 is 0. The molecule has 0 bridgehead atoms. The van der Waals surface area contributed by atoms with Gasteiger partial charge in [-0.25, -0.2) is 9.59 Å². The first kappa shape index (κ1) is 14.6. The summed E-state index contributed by atoms with van der Waals surface area (Å²) in [6.45, 7) is 5.96. The van der Waals surface area contributed by atoms with Crippen LogP contribution < -0.4 is 0 Å². The van der Waals surface area contributed by atoms with E-state index >= 15 is 0 Å². The number of ether oxygens (including phenoxy) is 1. The van der Waals surface area contributed by atoms with Crippen LogP contribution in [0, 0.1) is 5.92 Å². The first-order chi connectivity index (χ1) is 9.28. The summed E-state index contributed by atoms with van der Waals surface area (Å²) < 4.78 is 5.33. The van der Waals surface area contributed by atoms with Gasteiger partial charge < -0.3 is 14.7 Å². The third-order valence-corrected chi connectivity index (χ3v) is 4.02. The Morgan fingerprint density at radius 1 is 1.30 bits per heavy atom. The Labute approximate surface area is 117 Å². The highest BCUT2D eigenvalue weighted by Gasteiger charge is 2.51. The molecule has 0 aromatic heterocycles. The van der Waals surface area contributed by atoms with Crippen molar-refractivity contribution in [1.82, 2.24) is 4.90 Å². The van der Waals surface area contributed by atoms with E-state index in [4.69, 9.17) is 4.74 Å². The van der Waals surface area contributed by atoms with E-state index in [-0.39, 0.29) is 23.0 Å². The second kappa shape index (κ2) is 4.92. The maximum absolute atomic E-state index is 11.9. The van der Waals surface area contributed by atoms with Gasteiger partial charge in [0.15, 0.2) is 0 Å². The predicted octanol–water partition coefficient (Wildman–Crippen LogP) is 0.962. The standard InChI is InChI=1S/C14H19NO5/c1-8(2)11(16)15-6-4-14(5-7-15)10(12(17)18)9(3)13(19)20-14/h8H,4-7H2,1-3H3,(H,17,18). The molecule has 6 nitrogen and oxygen atoms in total. The maximum Gasteiger partial charge on any atom is 0.336 e. The van der Waals surface area contributed by atoms with Crippen molar-refractivity contribution < 1.29 is 24.2 Å². The Morgan fingerprint density at radius 2 is 1.85 bits per heavy atom. The SMILES string of the molecule is CC1=C(C(=O)O)C2(CCN(C(=O)C(C)C)CC2)OC1=O. The van der Waals surface area contributed by atoms with Gasteiger partial charge in [0.1, 0.15) is 5.60 Å². The third-order valence-electron chi connectivity index (χ3n) is 4.02. The fraction of sp³-hybridized carbons (Fsp3) is 0.643. The summed E-state index contributed by atoms with van der Waals surface area (Å²) in [6, 6.07) is 0. The highest BCUT2D eigenvalue weighted by atomic mass is 16.6. The van der Waals surface area contributed by atoms with Gasteiger partial charge in [0.05, 0.1) is 5.57 Å². The molecule has 110 valence electrons.